The first kappa shape index (κ1) is 24.5. The van der Waals surface area contributed by atoms with Crippen LogP contribution in [0.1, 0.15) is 58.8 Å². The number of benzene rings is 2. The van der Waals surface area contributed by atoms with Crippen LogP contribution in [-0.2, 0) is 14.3 Å². The molecule has 1 atom stereocenters. The summed E-state index contributed by atoms with van der Waals surface area (Å²) < 4.78 is 13.2. The number of nitrogens with zero attached hydrogens (tertiary/aromatic N) is 1. The van der Waals surface area contributed by atoms with Crippen molar-refractivity contribution >= 4 is 44.3 Å². The summed E-state index contributed by atoms with van der Waals surface area (Å²) in [6, 6.07) is 9.69. The van der Waals surface area contributed by atoms with Crippen LogP contribution in [0.25, 0.3) is 21.3 Å². The Bertz CT molecular complexity index is 1130. The van der Waals surface area contributed by atoms with E-state index in [1.807, 2.05) is 78.8 Å². The maximum atomic E-state index is 12.5. The number of carbonyl (C=O) groups is 1. The summed E-state index contributed by atoms with van der Waals surface area (Å²) in [7, 11) is 0. The number of aromatic nitrogens is 1. The molecule has 1 heterocycles. The third-order valence-electron chi connectivity index (χ3n) is 4.87. The van der Waals surface area contributed by atoms with Gasteiger partial charge in [-0.2, -0.15) is 0 Å². The molecule has 0 aliphatic rings. The highest BCUT2D eigenvalue weighted by Gasteiger charge is 2.30. The van der Waals surface area contributed by atoms with Gasteiger partial charge >= 0.3 is 5.97 Å². The molecule has 2 aromatic carbocycles. The lowest BCUT2D eigenvalue weighted by molar-refractivity contribution is -0.162. The molecule has 0 aliphatic heterocycles. The summed E-state index contributed by atoms with van der Waals surface area (Å²) in [5.41, 5.74) is 9.76. The Kier molecular flexibility index (Phi) is 6.89. The van der Waals surface area contributed by atoms with E-state index in [9.17, 15) is 4.79 Å². The maximum Gasteiger partial charge on any atom is 0.311 e. The molecule has 7 heteroatoms. The second kappa shape index (κ2) is 9.00. The lowest BCUT2D eigenvalue weighted by Crippen LogP contribution is -2.30. The van der Waals surface area contributed by atoms with Gasteiger partial charge in [0.15, 0.2) is 5.13 Å². The van der Waals surface area contributed by atoms with Gasteiger partial charge in [-0.25, -0.2) is 4.98 Å². The molecule has 3 aromatic rings. The molecule has 172 valence electrons. The van der Waals surface area contributed by atoms with Crippen molar-refractivity contribution in [3.63, 3.8) is 0 Å². The van der Waals surface area contributed by atoms with Gasteiger partial charge in [-0.05, 0) is 83.4 Å². The van der Waals surface area contributed by atoms with Crippen LogP contribution in [-0.4, -0.2) is 23.2 Å². The number of fused-ring (bicyclic) bond motifs is 1. The third-order valence-corrected chi connectivity index (χ3v) is 6.04. The molecule has 0 radical (unpaired) electrons. The highest BCUT2D eigenvalue weighted by molar-refractivity contribution is 7.22. The second-order valence-electron chi connectivity index (χ2n) is 9.96. The Morgan fingerprint density at radius 1 is 1.16 bits per heavy atom. The smallest absolute Gasteiger partial charge is 0.311 e. The van der Waals surface area contributed by atoms with Gasteiger partial charge in [0.05, 0.1) is 21.2 Å². The molecule has 1 aromatic heterocycles. The summed E-state index contributed by atoms with van der Waals surface area (Å²) >= 11 is 7.59. The van der Waals surface area contributed by atoms with Gasteiger partial charge in [-0.3, -0.25) is 4.79 Å². The van der Waals surface area contributed by atoms with Crippen LogP contribution in [0.3, 0.4) is 0 Å². The van der Waals surface area contributed by atoms with Gasteiger partial charge < -0.3 is 15.2 Å². The van der Waals surface area contributed by atoms with E-state index in [4.69, 9.17) is 26.8 Å². The van der Waals surface area contributed by atoms with Crippen LogP contribution in [0.15, 0.2) is 30.3 Å². The number of hydrogen-bond donors (Lipinski definition) is 1. The Morgan fingerprint density at radius 3 is 2.34 bits per heavy atom. The zero-order valence-electron chi connectivity index (χ0n) is 19.7. The molecule has 0 saturated heterocycles. The first-order valence-electron chi connectivity index (χ1n) is 10.6. The van der Waals surface area contributed by atoms with Gasteiger partial charge in [0.25, 0.3) is 0 Å². The van der Waals surface area contributed by atoms with Crippen molar-refractivity contribution in [2.24, 2.45) is 5.41 Å². The minimum Gasteiger partial charge on any atom is -0.462 e. The number of nitrogens with two attached hydrogens (primary N) is 1. The number of thiazole rings is 1. The van der Waals surface area contributed by atoms with Gasteiger partial charge in [0, 0.05) is 10.6 Å². The second-order valence-corrected chi connectivity index (χ2v) is 11.4. The predicted octanol–water partition coefficient (Wildman–Crippen LogP) is 6.95. The van der Waals surface area contributed by atoms with Crippen molar-refractivity contribution in [2.75, 3.05) is 12.3 Å². The highest BCUT2D eigenvalue weighted by atomic mass is 35.5. The average Bonchev–Trinajstić information content (AvgIpc) is 3.02. The number of hydrogen-bond acceptors (Lipinski definition) is 6. The molecule has 2 N–H and O–H groups in total. The van der Waals surface area contributed by atoms with Crippen LogP contribution >= 0.6 is 22.9 Å². The molecule has 0 amide bonds. The number of ether oxygens (including phenoxy) is 2. The molecule has 0 unspecified atom stereocenters. The number of esters is 1. The molecule has 3 rings (SSSR count). The monoisotopic (exact) mass is 474 g/mol. The quantitative estimate of drug-likeness (QED) is 0.405. The normalized spacial score (nSPS) is 13.4. The van der Waals surface area contributed by atoms with Crippen molar-refractivity contribution in [1.29, 1.82) is 0 Å². The number of aryl methyl sites for hydroxylation is 1. The summed E-state index contributed by atoms with van der Waals surface area (Å²) in [5, 5.41) is 1.16. The number of anilines is 1. The predicted molar refractivity (Wildman–Crippen MR) is 133 cm³/mol. The first-order valence-corrected chi connectivity index (χ1v) is 11.8. The fourth-order valence-electron chi connectivity index (χ4n) is 3.52. The zero-order chi connectivity index (χ0) is 23.8. The van der Waals surface area contributed by atoms with Crippen molar-refractivity contribution < 1.29 is 14.3 Å². The Balaban J connectivity index is 2.21. The average molecular weight is 475 g/mol. The van der Waals surface area contributed by atoms with Crippen molar-refractivity contribution in [2.45, 2.75) is 60.2 Å². The standard InChI is InChI=1S/C25H31ClN2O3S/c1-14-12-17-21(32-23(27)28-17)20(15-8-10-16(26)11-9-15)19(14)18(31-25(5,6)7)13-30-22(29)24(2,3)4/h8-12,18H,13H2,1-7H3,(H2,27,28)/t18-/m0/s1. The molecule has 32 heavy (non-hydrogen) atoms. The largest absolute Gasteiger partial charge is 0.462 e. The van der Waals surface area contributed by atoms with E-state index in [2.05, 4.69) is 4.98 Å². The Morgan fingerprint density at radius 2 is 1.78 bits per heavy atom. The minimum absolute atomic E-state index is 0.106. The van der Waals surface area contributed by atoms with E-state index >= 15 is 0 Å². The fraction of sp³-hybridized carbons (Fsp3) is 0.440. The van der Waals surface area contributed by atoms with Crippen LogP contribution in [0.5, 0.6) is 0 Å². The van der Waals surface area contributed by atoms with Crippen LogP contribution in [0.2, 0.25) is 5.02 Å². The molecule has 0 fully saturated rings. The molecule has 5 nitrogen and oxygen atoms in total. The molecule has 0 aliphatic carbocycles. The van der Waals surface area contributed by atoms with Gasteiger partial charge in [-0.1, -0.05) is 35.1 Å². The summed E-state index contributed by atoms with van der Waals surface area (Å²) in [6.45, 7) is 13.6. The zero-order valence-corrected chi connectivity index (χ0v) is 21.3. The van der Waals surface area contributed by atoms with Crippen LogP contribution < -0.4 is 5.73 Å². The van der Waals surface area contributed by atoms with Gasteiger partial charge in [0.2, 0.25) is 0 Å². The molecular weight excluding hydrogens is 444 g/mol. The van der Waals surface area contributed by atoms with Crippen LogP contribution in [0.4, 0.5) is 5.13 Å². The van der Waals surface area contributed by atoms with Crippen molar-refractivity contribution in [3.8, 4) is 11.1 Å². The molecule has 0 spiro atoms. The number of nitrogen functional groups attached to an aromatic ring is 1. The lowest BCUT2D eigenvalue weighted by Gasteiger charge is -2.31. The number of halogens is 1. The SMILES string of the molecule is Cc1cc2nc(N)sc2c(-c2ccc(Cl)cc2)c1[C@H](COC(=O)C(C)(C)C)OC(C)(C)C. The molecule has 0 saturated carbocycles. The van der Waals surface area contributed by atoms with Gasteiger partial charge in [0.1, 0.15) is 12.7 Å². The molecular formula is C25H31ClN2O3S. The minimum atomic E-state index is -0.601. The van der Waals surface area contributed by atoms with E-state index in [0.29, 0.717) is 10.2 Å². The van der Waals surface area contributed by atoms with E-state index in [1.54, 1.807) is 0 Å². The van der Waals surface area contributed by atoms with Crippen molar-refractivity contribution in [1.82, 2.24) is 4.98 Å². The Labute approximate surface area is 198 Å². The van der Waals surface area contributed by atoms with E-state index in [1.165, 1.54) is 11.3 Å². The molecule has 0 bridgehead atoms. The summed E-state index contributed by atoms with van der Waals surface area (Å²) in [4.78, 5) is 17.0. The van der Waals surface area contributed by atoms with E-state index < -0.39 is 17.1 Å². The number of rotatable bonds is 5. The highest BCUT2D eigenvalue weighted by Crippen LogP contribution is 2.43. The van der Waals surface area contributed by atoms with E-state index in [0.717, 1.165) is 32.5 Å². The Hall–Kier alpha value is -2.15. The lowest BCUT2D eigenvalue weighted by atomic mass is 9.91. The third kappa shape index (κ3) is 5.61. The topological polar surface area (TPSA) is 74.4 Å². The summed E-state index contributed by atoms with van der Waals surface area (Å²) in [6.07, 6.45) is -0.472. The van der Waals surface area contributed by atoms with Crippen molar-refractivity contribution in [3.05, 3.63) is 46.5 Å². The fourth-order valence-corrected chi connectivity index (χ4v) is 4.54. The first-order chi connectivity index (χ1) is 14.8. The van der Waals surface area contributed by atoms with Gasteiger partial charge in [-0.15, -0.1) is 0 Å². The number of carbonyl (C=O) groups excluding carboxylic acids is 1. The van der Waals surface area contributed by atoms with E-state index in [-0.39, 0.29) is 12.6 Å². The van der Waals surface area contributed by atoms with Crippen LogP contribution in [0, 0.1) is 12.3 Å². The summed E-state index contributed by atoms with van der Waals surface area (Å²) in [5.74, 6) is -0.270. The maximum absolute atomic E-state index is 12.5.